The van der Waals surface area contributed by atoms with E-state index in [0.29, 0.717) is 45.7 Å². The first-order valence-corrected chi connectivity index (χ1v) is 7.16. The van der Waals surface area contributed by atoms with Gasteiger partial charge in [-0.2, -0.15) is 13.2 Å². The summed E-state index contributed by atoms with van der Waals surface area (Å²) in [5.41, 5.74) is -0.988. The lowest BCUT2D eigenvalue weighted by atomic mass is 9.97. The van der Waals surface area contributed by atoms with Crippen molar-refractivity contribution in [2.45, 2.75) is 32.0 Å². The lowest BCUT2D eigenvalue weighted by molar-refractivity contribution is -0.150. The van der Waals surface area contributed by atoms with Gasteiger partial charge >= 0.3 is 12.1 Å². The highest BCUT2D eigenvalue weighted by atomic mass is 19.4. The summed E-state index contributed by atoms with van der Waals surface area (Å²) in [6.45, 7) is 5.55. The van der Waals surface area contributed by atoms with E-state index in [4.69, 9.17) is 0 Å². The molecule has 0 radical (unpaired) electrons. The third kappa shape index (κ3) is 6.19. The van der Waals surface area contributed by atoms with E-state index in [1.165, 1.54) is 4.90 Å². The first-order valence-electron chi connectivity index (χ1n) is 7.16. The van der Waals surface area contributed by atoms with Crippen LogP contribution in [0, 0.1) is 0 Å². The summed E-state index contributed by atoms with van der Waals surface area (Å²) in [6.07, 6.45) is -3.73. The average Bonchev–Trinajstić information content (AvgIpc) is 2.36. The van der Waals surface area contributed by atoms with Gasteiger partial charge in [-0.05, 0) is 19.9 Å². The first-order chi connectivity index (χ1) is 9.66. The minimum Gasteiger partial charge on any atom is -0.480 e. The highest BCUT2D eigenvalue weighted by Gasteiger charge is 2.34. The van der Waals surface area contributed by atoms with Crippen LogP contribution in [0.25, 0.3) is 0 Å². The Labute approximate surface area is 123 Å². The maximum absolute atomic E-state index is 12.3. The molecule has 21 heavy (non-hydrogen) atoms. The quantitative estimate of drug-likeness (QED) is 0.735. The molecule has 0 spiro atoms. The number of hydrogen-bond acceptors (Lipinski definition) is 4. The number of alkyl halides is 3. The van der Waals surface area contributed by atoms with Crippen LogP contribution in [0.4, 0.5) is 13.2 Å². The maximum atomic E-state index is 12.3. The number of aliphatic carboxylic acids is 1. The molecule has 1 aliphatic heterocycles. The second kappa shape index (κ2) is 7.42. The van der Waals surface area contributed by atoms with Crippen LogP contribution in [0.2, 0.25) is 0 Å². The zero-order valence-corrected chi connectivity index (χ0v) is 12.5. The molecule has 0 bridgehead atoms. The van der Waals surface area contributed by atoms with Crippen molar-refractivity contribution in [1.82, 2.24) is 15.1 Å². The standard InChI is InChI=1S/C13H24F3N3O2/c1-3-17-12(2,11(20)21)4-5-18-6-8-19(9-7-18)10-13(14,15)16/h17H,3-10H2,1-2H3,(H,20,21). The Morgan fingerprint density at radius 2 is 1.71 bits per heavy atom. The summed E-state index contributed by atoms with van der Waals surface area (Å²) >= 11 is 0. The highest BCUT2D eigenvalue weighted by molar-refractivity contribution is 5.78. The summed E-state index contributed by atoms with van der Waals surface area (Å²) in [7, 11) is 0. The predicted octanol–water partition coefficient (Wildman–Crippen LogP) is 1.01. The van der Waals surface area contributed by atoms with Gasteiger partial charge in [0.25, 0.3) is 0 Å². The molecular formula is C13H24F3N3O2. The molecule has 0 saturated carbocycles. The molecule has 0 amide bonds. The smallest absolute Gasteiger partial charge is 0.401 e. The second-order valence-corrected chi connectivity index (χ2v) is 5.65. The van der Waals surface area contributed by atoms with Crippen LogP contribution in [0.5, 0.6) is 0 Å². The lowest BCUT2D eigenvalue weighted by Gasteiger charge is -2.36. The van der Waals surface area contributed by atoms with Gasteiger partial charge in [-0.15, -0.1) is 0 Å². The van der Waals surface area contributed by atoms with E-state index >= 15 is 0 Å². The zero-order valence-electron chi connectivity index (χ0n) is 12.5. The summed E-state index contributed by atoms with van der Waals surface area (Å²) in [5.74, 6) is -0.903. The van der Waals surface area contributed by atoms with Crippen LogP contribution in [0.15, 0.2) is 0 Å². The van der Waals surface area contributed by atoms with Gasteiger partial charge in [-0.25, -0.2) is 0 Å². The van der Waals surface area contributed by atoms with Crippen molar-refractivity contribution in [3.8, 4) is 0 Å². The fourth-order valence-corrected chi connectivity index (χ4v) is 2.47. The van der Waals surface area contributed by atoms with Gasteiger partial charge in [0.15, 0.2) is 0 Å². The fourth-order valence-electron chi connectivity index (χ4n) is 2.47. The number of hydrogen-bond donors (Lipinski definition) is 2. The zero-order chi connectivity index (χ0) is 16.1. The van der Waals surface area contributed by atoms with Crippen molar-refractivity contribution in [2.75, 3.05) is 45.8 Å². The van der Waals surface area contributed by atoms with Gasteiger partial charge in [0.2, 0.25) is 0 Å². The molecule has 1 rings (SSSR count). The second-order valence-electron chi connectivity index (χ2n) is 5.65. The third-order valence-electron chi connectivity index (χ3n) is 3.83. The van der Waals surface area contributed by atoms with Crippen LogP contribution < -0.4 is 5.32 Å². The Hall–Kier alpha value is -0.860. The molecule has 5 nitrogen and oxygen atoms in total. The molecule has 0 aromatic heterocycles. The molecule has 1 saturated heterocycles. The Morgan fingerprint density at radius 3 is 2.14 bits per heavy atom. The van der Waals surface area contributed by atoms with E-state index in [9.17, 15) is 23.1 Å². The van der Waals surface area contributed by atoms with Crippen LogP contribution in [-0.2, 0) is 4.79 Å². The number of rotatable bonds is 7. The molecule has 1 aliphatic rings. The van der Waals surface area contributed by atoms with Crippen LogP contribution in [0.1, 0.15) is 20.3 Å². The first kappa shape index (κ1) is 18.2. The van der Waals surface area contributed by atoms with Gasteiger partial charge < -0.3 is 15.3 Å². The summed E-state index contributed by atoms with van der Waals surface area (Å²) in [5, 5.41) is 12.2. The Bertz CT molecular complexity index is 344. The number of carboxylic acid groups (broad SMARTS) is 1. The van der Waals surface area contributed by atoms with Crippen LogP contribution in [0.3, 0.4) is 0 Å². The van der Waals surface area contributed by atoms with Gasteiger partial charge in [0.1, 0.15) is 5.54 Å². The summed E-state index contributed by atoms with van der Waals surface area (Å²) < 4.78 is 36.9. The number of halogens is 3. The number of carbonyl (C=O) groups is 1. The van der Waals surface area contributed by atoms with E-state index in [1.807, 2.05) is 11.8 Å². The third-order valence-corrected chi connectivity index (χ3v) is 3.83. The molecule has 0 aromatic rings. The summed E-state index contributed by atoms with van der Waals surface area (Å²) in [4.78, 5) is 14.7. The van der Waals surface area contributed by atoms with Crippen molar-refractivity contribution >= 4 is 5.97 Å². The largest absolute Gasteiger partial charge is 0.480 e. The predicted molar refractivity (Wildman–Crippen MR) is 73.3 cm³/mol. The molecule has 1 heterocycles. The molecular weight excluding hydrogens is 287 g/mol. The molecule has 2 N–H and O–H groups in total. The topological polar surface area (TPSA) is 55.8 Å². The minimum atomic E-state index is -4.16. The number of carboxylic acids is 1. The number of likely N-dealkylation sites (N-methyl/N-ethyl adjacent to an activating group) is 1. The molecule has 1 fully saturated rings. The van der Waals surface area contributed by atoms with E-state index in [2.05, 4.69) is 5.32 Å². The normalized spacial score (nSPS) is 21.2. The monoisotopic (exact) mass is 311 g/mol. The Balaban J connectivity index is 2.37. The number of piperazine rings is 1. The van der Waals surface area contributed by atoms with E-state index in [0.717, 1.165) is 0 Å². The summed E-state index contributed by atoms with van der Waals surface area (Å²) in [6, 6.07) is 0. The van der Waals surface area contributed by atoms with Crippen molar-refractivity contribution in [2.24, 2.45) is 0 Å². The minimum absolute atomic E-state index is 0.366. The van der Waals surface area contributed by atoms with Crippen molar-refractivity contribution in [1.29, 1.82) is 0 Å². The Morgan fingerprint density at radius 1 is 1.19 bits per heavy atom. The molecule has 8 heteroatoms. The Kier molecular flexibility index (Phi) is 6.42. The number of nitrogens with one attached hydrogen (secondary N) is 1. The van der Waals surface area contributed by atoms with E-state index in [1.54, 1.807) is 6.92 Å². The molecule has 0 aromatic carbocycles. The molecule has 0 aliphatic carbocycles. The van der Waals surface area contributed by atoms with Gasteiger partial charge in [-0.1, -0.05) is 6.92 Å². The SMILES string of the molecule is CCNC(C)(CCN1CCN(CC(F)(F)F)CC1)C(=O)O. The maximum Gasteiger partial charge on any atom is 0.401 e. The van der Waals surface area contributed by atoms with Crippen LogP contribution >= 0.6 is 0 Å². The fraction of sp³-hybridized carbons (Fsp3) is 0.923. The highest BCUT2D eigenvalue weighted by Crippen LogP contribution is 2.18. The van der Waals surface area contributed by atoms with E-state index in [-0.39, 0.29) is 0 Å². The van der Waals surface area contributed by atoms with Crippen molar-refractivity contribution in [3.05, 3.63) is 0 Å². The van der Waals surface area contributed by atoms with Gasteiger partial charge in [-0.3, -0.25) is 9.69 Å². The van der Waals surface area contributed by atoms with Crippen molar-refractivity contribution < 1.29 is 23.1 Å². The molecule has 124 valence electrons. The molecule has 1 unspecified atom stereocenters. The van der Waals surface area contributed by atoms with Gasteiger partial charge in [0, 0.05) is 32.7 Å². The van der Waals surface area contributed by atoms with Crippen LogP contribution in [-0.4, -0.2) is 78.4 Å². The van der Waals surface area contributed by atoms with E-state index < -0.39 is 24.2 Å². The van der Waals surface area contributed by atoms with Crippen molar-refractivity contribution in [3.63, 3.8) is 0 Å². The molecule has 1 atom stereocenters. The number of nitrogens with zero attached hydrogens (tertiary/aromatic N) is 2. The van der Waals surface area contributed by atoms with Gasteiger partial charge in [0.05, 0.1) is 6.54 Å². The lowest BCUT2D eigenvalue weighted by Crippen LogP contribution is -2.54. The average molecular weight is 311 g/mol.